The summed E-state index contributed by atoms with van der Waals surface area (Å²) < 4.78 is 23.7. The van der Waals surface area contributed by atoms with Gasteiger partial charge in [-0.15, -0.1) is 0 Å². The van der Waals surface area contributed by atoms with Crippen LogP contribution in [0, 0.1) is 0 Å². The van der Waals surface area contributed by atoms with Crippen LogP contribution in [-0.4, -0.2) is 57.1 Å². The molecule has 4 nitrogen and oxygen atoms in total. The molecule has 2 rings (SSSR count). The van der Waals surface area contributed by atoms with Crippen molar-refractivity contribution in [2.75, 3.05) is 48.7 Å². The lowest BCUT2D eigenvalue weighted by Gasteiger charge is -2.23. The lowest BCUT2D eigenvalue weighted by atomic mass is 10.2. The zero-order chi connectivity index (χ0) is 15.3. The summed E-state index contributed by atoms with van der Waals surface area (Å²) >= 11 is 3.49. The Bertz CT molecular complexity index is 545. The molecule has 0 amide bonds. The monoisotopic (exact) mass is 374 g/mol. The Labute approximate surface area is 136 Å². The molecular weight excluding hydrogens is 352 g/mol. The second-order valence-corrected chi connectivity index (χ2v) is 8.34. The van der Waals surface area contributed by atoms with Crippen molar-refractivity contribution in [1.29, 1.82) is 0 Å². The smallest absolute Gasteiger partial charge is 0.178 e. The highest BCUT2D eigenvalue weighted by Crippen LogP contribution is 2.20. The van der Waals surface area contributed by atoms with Crippen molar-refractivity contribution in [1.82, 2.24) is 4.90 Å². The number of rotatable bonds is 5. The fraction of sp³-hybridized carbons (Fsp3) is 0.600. The second kappa shape index (κ2) is 7.61. The fourth-order valence-corrected chi connectivity index (χ4v) is 3.99. The van der Waals surface area contributed by atoms with E-state index in [0.717, 1.165) is 50.2 Å². The summed E-state index contributed by atoms with van der Waals surface area (Å²) in [4.78, 5) is 5.23. The van der Waals surface area contributed by atoms with E-state index in [1.165, 1.54) is 0 Å². The Balaban J connectivity index is 2.05. The molecule has 1 aliphatic rings. The van der Waals surface area contributed by atoms with E-state index in [9.17, 15) is 8.42 Å². The molecule has 0 radical (unpaired) electrons. The van der Waals surface area contributed by atoms with Gasteiger partial charge in [0.25, 0.3) is 0 Å². The Morgan fingerprint density at radius 3 is 2.43 bits per heavy atom. The van der Waals surface area contributed by atoms with Gasteiger partial charge in [-0.25, -0.2) is 8.42 Å². The van der Waals surface area contributed by atoms with E-state index in [-0.39, 0.29) is 5.75 Å². The minimum absolute atomic E-state index is 0.150. The average Bonchev–Trinajstić information content (AvgIpc) is 2.73. The summed E-state index contributed by atoms with van der Waals surface area (Å²) in [6.45, 7) is 6.97. The van der Waals surface area contributed by atoms with Crippen LogP contribution in [-0.2, 0) is 9.84 Å². The minimum Gasteiger partial charge on any atom is -0.370 e. The third-order valence-electron chi connectivity index (χ3n) is 3.93. The van der Waals surface area contributed by atoms with Crippen LogP contribution < -0.4 is 4.90 Å². The Morgan fingerprint density at radius 2 is 1.81 bits per heavy atom. The van der Waals surface area contributed by atoms with Crippen molar-refractivity contribution in [2.24, 2.45) is 0 Å². The van der Waals surface area contributed by atoms with Gasteiger partial charge in [0.1, 0.15) is 0 Å². The molecule has 0 unspecified atom stereocenters. The maximum Gasteiger partial charge on any atom is 0.178 e. The van der Waals surface area contributed by atoms with Gasteiger partial charge >= 0.3 is 0 Å². The molecule has 1 aromatic rings. The molecule has 0 aliphatic carbocycles. The van der Waals surface area contributed by atoms with Gasteiger partial charge in [-0.05, 0) is 37.2 Å². The van der Waals surface area contributed by atoms with Crippen LogP contribution in [0.1, 0.15) is 13.3 Å². The van der Waals surface area contributed by atoms with Crippen LogP contribution >= 0.6 is 15.9 Å². The molecule has 1 aromatic carbocycles. The predicted molar refractivity (Wildman–Crippen MR) is 91.2 cm³/mol. The van der Waals surface area contributed by atoms with E-state index in [1.807, 2.05) is 12.1 Å². The highest BCUT2D eigenvalue weighted by molar-refractivity contribution is 9.09. The first-order valence-corrected chi connectivity index (χ1v) is 10.2. The number of hydrogen-bond donors (Lipinski definition) is 0. The highest BCUT2D eigenvalue weighted by Gasteiger charge is 2.16. The highest BCUT2D eigenvalue weighted by atomic mass is 79.9. The van der Waals surface area contributed by atoms with Gasteiger partial charge in [0.05, 0.1) is 10.6 Å². The quantitative estimate of drug-likeness (QED) is 0.741. The minimum atomic E-state index is -3.10. The molecule has 0 N–H and O–H groups in total. The summed E-state index contributed by atoms with van der Waals surface area (Å²) in [7, 11) is -3.10. The van der Waals surface area contributed by atoms with Crippen molar-refractivity contribution >= 4 is 31.5 Å². The first-order chi connectivity index (χ1) is 10.1. The first-order valence-electron chi connectivity index (χ1n) is 7.43. The number of halogens is 1. The number of alkyl halides is 1. The van der Waals surface area contributed by atoms with Crippen LogP contribution in [0.3, 0.4) is 0 Å². The standard InChI is InChI=1S/C15H23BrN2O2S/c1-2-21(19,20)15-6-4-14(5-7-15)18-10-3-9-17(11-8-16)12-13-18/h4-7H,2-3,8-13H2,1H3. The van der Waals surface area contributed by atoms with Crippen LogP contribution in [0.4, 0.5) is 5.69 Å². The molecule has 1 saturated heterocycles. The van der Waals surface area contributed by atoms with Crippen LogP contribution in [0.15, 0.2) is 29.2 Å². The molecule has 0 bridgehead atoms. The molecule has 0 atom stereocenters. The molecule has 1 heterocycles. The van der Waals surface area contributed by atoms with E-state index in [4.69, 9.17) is 0 Å². The number of sulfone groups is 1. The van der Waals surface area contributed by atoms with E-state index < -0.39 is 9.84 Å². The lowest BCUT2D eigenvalue weighted by Crippen LogP contribution is -2.31. The molecule has 6 heteroatoms. The zero-order valence-electron chi connectivity index (χ0n) is 12.5. The van der Waals surface area contributed by atoms with Gasteiger partial charge in [-0.1, -0.05) is 22.9 Å². The van der Waals surface area contributed by atoms with Crippen LogP contribution in [0.2, 0.25) is 0 Å². The van der Waals surface area contributed by atoms with Crippen LogP contribution in [0.25, 0.3) is 0 Å². The number of hydrogen-bond acceptors (Lipinski definition) is 4. The largest absolute Gasteiger partial charge is 0.370 e. The fourth-order valence-electron chi connectivity index (χ4n) is 2.60. The number of nitrogens with zero attached hydrogens (tertiary/aromatic N) is 2. The topological polar surface area (TPSA) is 40.6 Å². The molecule has 118 valence electrons. The summed E-state index contributed by atoms with van der Waals surface area (Å²) in [5.74, 6) is 0.150. The maximum atomic E-state index is 11.8. The summed E-state index contributed by atoms with van der Waals surface area (Å²) in [6, 6.07) is 7.33. The lowest BCUT2D eigenvalue weighted by molar-refractivity contribution is 0.313. The second-order valence-electron chi connectivity index (χ2n) is 5.27. The van der Waals surface area contributed by atoms with Gasteiger partial charge in [0.15, 0.2) is 9.84 Å². The Hall–Kier alpha value is -0.590. The first kappa shape index (κ1) is 16.8. The van der Waals surface area contributed by atoms with Crippen molar-refractivity contribution in [3.8, 4) is 0 Å². The molecule has 21 heavy (non-hydrogen) atoms. The third-order valence-corrected chi connectivity index (χ3v) is 6.04. The molecule has 0 aromatic heterocycles. The van der Waals surface area contributed by atoms with E-state index >= 15 is 0 Å². The predicted octanol–water partition coefficient (Wildman–Crippen LogP) is 2.39. The summed E-state index contributed by atoms with van der Waals surface area (Å²) in [5, 5.41) is 1.01. The summed E-state index contributed by atoms with van der Waals surface area (Å²) in [5.41, 5.74) is 1.12. The van der Waals surface area contributed by atoms with Gasteiger partial charge < -0.3 is 9.80 Å². The van der Waals surface area contributed by atoms with E-state index in [2.05, 4.69) is 25.7 Å². The van der Waals surface area contributed by atoms with Gasteiger partial charge in [-0.3, -0.25) is 0 Å². The summed E-state index contributed by atoms with van der Waals surface area (Å²) in [6.07, 6.45) is 1.14. The molecule has 1 aliphatic heterocycles. The maximum absolute atomic E-state index is 11.8. The van der Waals surface area contributed by atoms with Gasteiger partial charge in [-0.2, -0.15) is 0 Å². The molecular formula is C15H23BrN2O2S. The normalized spacial score (nSPS) is 17.7. The average molecular weight is 375 g/mol. The molecule has 0 spiro atoms. The molecule has 1 fully saturated rings. The zero-order valence-corrected chi connectivity index (χ0v) is 14.9. The van der Waals surface area contributed by atoms with Crippen LogP contribution in [0.5, 0.6) is 0 Å². The Kier molecular flexibility index (Phi) is 6.08. The van der Waals surface area contributed by atoms with E-state index in [1.54, 1.807) is 19.1 Å². The van der Waals surface area contributed by atoms with Crippen molar-refractivity contribution in [3.05, 3.63) is 24.3 Å². The SMILES string of the molecule is CCS(=O)(=O)c1ccc(N2CCCN(CCBr)CC2)cc1. The van der Waals surface area contributed by atoms with E-state index in [0.29, 0.717) is 4.90 Å². The van der Waals surface area contributed by atoms with Gasteiger partial charge in [0, 0.05) is 37.2 Å². The van der Waals surface area contributed by atoms with Crippen molar-refractivity contribution in [2.45, 2.75) is 18.2 Å². The van der Waals surface area contributed by atoms with Crippen molar-refractivity contribution in [3.63, 3.8) is 0 Å². The van der Waals surface area contributed by atoms with Gasteiger partial charge in [0.2, 0.25) is 0 Å². The number of benzene rings is 1. The third kappa shape index (κ3) is 4.44. The Morgan fingerprint density at radius 1 is 1.10 bits per heavy atom. The van der Waals surface area contributed by atoms with Crippen molar-refractivity contribution < 1.29 is 8.42 Å². The molecule has 0 saturated carbocycles. The number of anilines is 1.